The van der Waals surface area contributed by atoms with E-state index in [1.807, 2.05) is 24.3 Å². The molecule has 0 radical (unpaired) electrons. The first-order chi connectivity index (χ1) is 11.8. The van der Waals surface area contributed by atoms with E-state index in [0.29, 0.717) is 6.61 Å². The maximum Gasteiger partial charge on any atom is 0.193 e. The van der Waals surface area contributed by atoms with Gasteiger partial charge in [0.05, 0.1) is 13.2 Å². The highest BCUT2D eigenvalue weighted by Crippen LogP contribution is 2.24. The van der Waals surface area contributed by atoms with Crippen molar-refractivity contribution in [2.45, 2.75) is 19.1 Å². The van der Waals surface area contributed by atoms with Crippen molar-refractivity contribution in [3.05, 3.63) is 65.2 Å². The number of guanidine groups is 1. The van der Waals surface area contributed by atoms with Gasteiger partial charge in [-0.3, -0.25) is 0 Å². The van der Waals surface area contributed by atoms with Gasteiger partial charge in [-0.25, -0.2) is 13.8 Å². The Balaban J connectivity index is 2.12. The van der Waals surface area contributed by atoms with E-state index in [9.17, 15) is 13.9 Å². The number of nitrogens with one attached hydrogen (secondary N) is 1. The second-order valence-corrected chi connectivity index (χ2v) is 5.81. The highest BCUT2D eigenvalue weighted by Gasteiger charge is 2.26. The van der Waals surface area contributed by atoms with Crippen LogP contribution in [0.15, 0.2) is 47.5 Å². The fourth-order valence-electron chi connectivity index (χ4n) is 2.35. The van der Waals surface area contributed by atoms with Crippen LogP contribution in [0, 0.1) is 11.6 Å². The first-order valence-electron chi connectivity index (χ1n) is 7.65. The Hall–Kier alpha value is -2.51. The molecule has 4 N–H and O–H groups in total. The number of ether oxygens (including phenoxy) is 1. The summed E-state index contributed by atoms with van der Waals surface area (Å²) in [6.07, 6.45) is 0. The number of halogens is 2. The first kappa shape index (κ1) is 18.8. The normalized spacial score (nSPS) is 14.2. The number of nitrogens with zero attached hydrogens (tertiary/aromatic N) is 1. The highest BCUT2D eigenvalue weighted by atomic mass is 19.1. The lowest BCUT2D eigenvalue weighted by Gasteiger charge is -2.22. The van der Waals surface area contributed by atoms with Gasteiger partial charge in [-0.05, 0) is 19.1 Å². The second-order valence-electron chi connectivity index (χ2n) is 5.81. The van der Waals surface area contributed by atoms with E-state index in [1.165, 1.54) is 13.0 Å². The zero-order chi connectivity index (χ0) is 18.4. The molecule has 0 aromatic heterocycles. The van der Waals surface area contributed by atoms with Crippen LogP contribution in [0.3, 0.4) is 0 Å². The van der Waals surface area contributed by atoms with Gasteiger partial charge < -0.3 is 20.9 Å². The molecule has 0 saturated heterocycles. The van der Waals surface area contributed by atoms with Gasteiger partial charge in [-0.15, -0.1) is 0 Å². The molecule has 25 heavy (non-hydrogen) atoms. The summed E-state index contributed by atoms with van der Waals surface area (Å²) in [5, 5.41) is 13.4. The molecule has 0 spiro atoms. The van der Waals surface area contributed by atoms with Crippen molar-refractivity contribution >= 4 is 11.6 Å². The fourth-order valence-corrected chi connectivity index (χ4v) is 2.35. The van der Waals surface area contributed by atoms with Crippen LogP contribution in [0.1, 0.15) is 18.1 Å². The largest absolute Gasteiger partial charge is 0.383 e. The summed E-state index contributed by atoms with van der Waals surface area (Å²) >= 11 is 0. The van der Waals surface area contributed by atoms with Crippen molar-refractivity contribution in [3.63, 3.8) is 0 Å². The Morgan fingerprint density at radius 2 is 2.00 bits per heavy atom. The van der Waals surface area contributed by atoms with Crippen molar-refractivity contribution in [1.82, 2.24) is 0 Å². The molecular weight excluding hydrogens is 328 g/mol. The van der Waals surface area contributed by atoms with Crippen LogP contribution >= 0.6 is 0 Å². The minimum atomic E-state index is -1.63. The molecule has 134 valence electrons. The number of rotatable bonds is 6. The SMILES string of the molecule is COCc1ccccc1NC(N)=NCC(C)(O)c1ccc(F)cc1F. The Kier molecular flexibility index (Phi) is 6.06. The topological polar surface area (TPSA) is 79.9 Å². The minimum Gasteiger partial charge on any atom is -0.383 e. The number of aliphatic imine (C=N–C) groups is 1. The molecule has 0 aliphatic rings. The molecule has 0 amide bonds. The molecule has 0 heterocycles. The summed E-state index contributed by atoms with van der Waals surface area (Å²) in [6.45, 7) is 1.59. The summed E-state index contributed by atoms with van der Waals surface area (Å²) < 4.78 is 32.0. The van der Waals surface area contributed by atoms with E-state index in [-0.39, 0.29) is 18.1 Å². The lowest BCUT2D eigenvalue weighted by Crippen LogP contribution is -2.30. The number of hydrogen-bond donors (Lipinski definition) is 3. The van der Waals surface area contributed by atoms with E-state index in [1.54, 1.807) is 7.11 Å². The van der Waals surface area contributed by atoms with Gasteiger partial charge in [0.25, 0.3) is 0 Å². The molecule has 1 unspecified atom stereocenters. The average Bonchev–Trinajstić information content (AvgIpc) is 2.55. The monoisotopic (exact) mass is 349 g/mol. The van der Waals surface area contributed by atoms with Gasteiger partial charge in [0.1, 0.15) is 17.2 Å². The summed E-state index contributed by atoms with van der Waals surface area (Å²) in [5.74, 6) is -1.49. The van der Waals surface area contributed by atoms with Gasteiger partial charge in [-0.2, -0.15) is 0 Å². The third-order valence-electron chi connectivity index (χ3n) is 3.65. The maximum atomic E-state index is 13.8. The zero-order valence-corrected chi connectivity index (χ0v) is 14.1. The zero-order valence-electron chi connectivity index (χ0n) is 14.1. The van der Waals surface area contributed by atoms with E-state index >= 15 is 0 Å². The van der Waals surface area contributed by atoms with Gasteiger partial charge in [0, 0.05) is 30.0 Å². The van der Waals surface area contributed by atoms with Crippen molar-refractivity contribution in [2.75, 3.05) is 19.0 Å². The Morgan fingerprint density at radius 3 is 2.68 bits per heavy atom. The number of anilines is 1. The molecule has 1 atom stereocenters. The summed E-state index contributed by atoms with van der Waals surface area (Å²) in [4.78, 5) is 4.06. The molecule has 2 rings (SSSR count). The number of methoxy groups -OCH3 is 1. The number of nitrogens with two attached hydrogens (primary N) is 1. The molecule has 5 nitrogen and oxygen atoms in total. The van der Waals surface area contributed by atoms with Gasteiger partial charge in [0.15, 0.2) is 5.96 Å². The molecule has 0 aliphatic carbocycles. The van der Waals surface area contributed by atoms with Crippen molar-refractivity contribution in [3.8, 4) is 0 Å². The lowest BCUT2D eigenvalue weighted by atomic mass is 9.95. The van der Waals surface area contributed by atoms with E-state index < -0.39 is 17.2 Å². The van der Waals surface area contributed by atoms with Crippen LogP contribution in [0.4, 0.5) is 14.5 Å². The molecule has 7 heteroatoms. The third-order valence-corrected chi connectivity index (χ3v) is 3.65. The number of hydrogen-bond acceptors (Lipinski definition) is 3. The standard InChI is InChI=1S/C18H21F2N3O2/c1-18(24,14-8-7-13(19)9-15(14)20)11-22-17(21)23-16-6-4-3-5-12(16)10-25-2/h3-9,24H,10-11H2,1-2H3,(H3,21,22,23). The third kappa shape index (κ3) is 4.98. The van der Waals surface area contributed by atoms with Gasteiger partial charge in [0.2, 0.25) is 0 Å². The van der Waals surface area contributed by atoms with E-state index in [0.717, 1.165) is 23.4 Å². The molecular formula is C18H21F2N3O2. The average molecular weight is 349 g/mol. The quantitative estimate of drug-likeness (QED) is 0.553. The fraction of sp³-hybridized carbons (Fsp3) is 0.278. The summed E-state index contributed by atoms with van der Waals surface area (Å²) in [6, 6.07) is 10.4. The molecule has 2 aromatic carbocycles. The molecule has 0 bridgehead atoms. The van der Waals surface area contributed by atoms with Crippen molar-refractivity contribution in [1.29, 1.82) is 0 Å². The van der Waals surface area contributed by atoms with Crippen molar-refractivity contribution in [2.24, 2.45) is 10.7 Å². The van der Waals surface area contributed by atoms with Crippen LogP contribution in [-0.4, -0.2) is 24.7 Å². The Labute approximate surface area is 145 Å². The van der Waals surface area contributed by atoms with Crippen LogP contribution in [0.5, 0.6) is 0 Å². The Bertz CT molecular complexity index is 764. The number of para-hydroxylation sites is 1. The van der Waals surface area contributed by atoms with Crippen molar-refractivity contribution < 1.29 is 18.6 Å². The number of benzene rings is 2. The summed E-state index contributed by atoms with van der Waals surface area (Å²) in [7, 11) is 1.59. The van der Waals surface area contributed by atoms with Crippen LogP contribution in [0.2, 0.25) is 0 Å². The smallest absolute Gasteiger partial charge is 0.193 e. The molecule has 0 saturated carbocycles. The minimum absolute atomic E-state index is 0.0507. The van der Waals surface area contributed by atoms with Gasteiger partial charge >= 0.3 is 0 Å². The molecule has 0 aliphatic heterocycles. The van der Waals surface area contributed by atoms with Crippen LogP contribution < -0.4 is 11.1 Å². The summed E-state index contributed by atoms with van der Waals surface area (Å²) in [5.41, 5.74) is 5.78. The highest BCUT2D eigenvalue weighted by molar-refractivity contribution is 5.93. The van der Waals surface area contributed by atoms with Crippen LogP contribution in [0.25, 0.3) is 0 Å². The maximum absolute atomic E-state index is 13.8. The predicted molar refractivity (Wildman–Crippen MR) is 93.2 cm³/mol. The second kappa shape index (κ2) is 8.04. The number of aliphatic hydroxyl groups is 1. The first-order valence-corrected chi connectivity index (χ1v) is 7.65. The molecule has 0 fully saturated rings. The molecule has 2 aromatic rings. The lowest BCUT2D eigenvalue weighted by molar-refractivity contribution is 0.0634. The van der Waals surface area contributed by atoms with Crippen LogP contribution in [-0.2, 0) is 16.9 Å². The van der Waals surface area contributed by atoms with E-state index in [2.05, 4.69) is 10.3 Å². The Morgan fingerprint density at radius 1 is 1.28 bits per heavy atom. The predicted octanol–water partition coefficient (Wildman–Crippen LogP) is 2.75. The van der Waals surface area contributed by atoms with Gasteiger partial charge in [-0.1, -0.05) is 24.3 Å². The van der Waals surface area contributed by atoms with E-state index in [4.69, 9.17) is 10.5 Å².